The zero-order chi connectivity index (χ0) is 24.5. The van der Waals surface area contributed by atoms with E-state index in [2.05, 4.69) is 27.2 Å². The predicted octanol–water partition coefficient (Wildman–Crippen LogP) is 5.57. The van der Waals surface area contributed by atoms with Gasteiger partial charge in [-0.1, -0.05) is 18.5 Å². The van der Waals surface area contributed by atoms with Crippen molar-refractivity contribution < 1.29 is 18.0 Å². The monoisotopic (exact) mass is 497 g/mol. The summed E-state index contributed by atoms with van der Waals surface area (Å²) in [6.45, 7) is 2.91. The van der Waals surface area contributed by atoms with Crippen molar-refractivity contribution in [3.05, 3.63) is 71.0 Å². The van der Waals surface area contributed by atoms with E-state index >= 15 is 0 Å². The minimum atomic E-state index is -1.15. The molecule has 0 unspecified atom stereocenters. The number of rotatable bonds is 5. The normalized spacial score (nSPS) is 18.1. The van der Waals surface area contributed by atoms with E-state index in [-0.39, 0.29) is 28.9 Å². The highest BCUT2D eigenvalue weighted by Gasteiger charge is 2.34. The molecule has 5 rings (SSSR count). The highest BCUT2D eigenvalue weighted by Crippen LogP contribution is 2.31. The van der Waals surface area contributed by atoms with Gasteiger partial charge in [0, 0.05) is 36.6 Å². The number of anilines is 1. The molecule has 2 aromatic carbocycles. The largest absolute Gasteiger partial charge is 0.424 e. The number of amides is 1. The van der Waals surface area contributed by atoms with Crippen LogP contribution in [-0.2, 0) is 0 Å². The fraction of sp³-hybridized carbons (Fsp3) is 0.280. The van der Waals surface area contributed by atoms with Crippen LogP contribution >= 0.6 is 11.6 Å². The first kappa shape index (κ1) is 23.2. The number of nitrogens with one attached hydrogen (secondary N) is 1. The molecule has 1 saturated heterocycles. The maximum atomic E-state index is 14.9. The van der Waals surface area contributed by atoms with Crippen LogP contribution in [0.5, 0.6) is 0 Å². The number of carbonyl (C=O) groups excluding carboxylic acids is 1. The van der Waals surface area contributed by atoms with Gasteiger partial charge in [-0.15, -0.1) is 0 Å². The van der Waals surface area contributed by atoms with E-state index in [4.69, 9.17) is 16.0 Å². The third-order valence-corrected chi connectivity index (χ3v) is 6.54. The lowest BCUT2D eigenvalue weighted by atomic mass is 9.89. The van der Waals surface area contributed by atoms with Crippen LogP contribution in [0.25, 0.3) is 22.5 Å². The molecule has 0 spiro atoms. The summed E-state index contributed by atoms with van der Waals surface area (Å²) in [7, 11) is 0. The van der Waals surface area contributed by atoms with Gasteiger partial charge in [0.2, 0.25) is 0 Å². The molecule has 2 atom stereocenters. The molecule has 0 radical (unpaired) electrons. The van der Waals surface area contributed by atoms with Gasteiger partial charge in [0.15, 0.2) is 23.0 Å². The highest BCUT2D eigenvalue weighted by atomic mass is 35.5. The van der Waals surface area contributed by atoms with Gasteiger partial charge in [-0.25, -0.2) is 18.7 Å². The molecule has 35 heavy (non-hydrogen) atoms. The van der Waals surface area contributed by atoms with Crippen molar-refractivity contribution in [2.45, 2.75) is 25.8 Å². The Morgan fingerprint density at radius 2 is 2.03 bits per heavy atom. The summed E-state index contributed by atoms with van der Waals surface area (Å²) in [5.74, 6) is -2.51. The number of hydrogen-bond acceptors (Lipinski definition) is 6. The van der Waals surface area contributed by atoms with E-state index in [1.165, 1.54) is 18.5 Å². The van der Waals surface area contributed by atoms with Gasteiger partial charge < -0.3 is 14.6 Å². The molecule has 0 bridgehead atoms. The van der Waals surface area contributed by atoms with Crippen LogP contribution in [0.2, 0.25) is 5.02 Å². The van der Waals surface area contributed by atoms with Gasteiger partial charge in [0.05, 0.1) is 17.2 Å². The van der Waals surface area contributed by atoms with Crippen LogP contribution in [0.15, 0.2) is 53.2 Å². The molecular weight excluding hydrogens is 476 g/mol. The Morgan fingerprint density at radius 3 is 2.83 bits per heavy atom. The van der Waals surface area contributed by atoms with Crippen molar-refractivity contribution in [1.82, 2.24) is 19.9 Å². The molecule has 7 nitrogen and oxygen atoms in total. The molecule has 0 aliphatic carbocycles. The highest BCUT2D eigenvalue weighted by molar-refractivity contribution is 6.31. The number of benzene rings is 2. The van der Waals surface area contributed by atoms with Gasteiger partial charge in [-0.2, -0.15) is 4.98 Å². The zero-order valence-electron chi connectivity index (χ0n) is 18.8. The van der Waals surface area contributed by atoms with Gasteiger partial charge in [-0.05, 0) is 49.1 Å². The van der Waals surface area contributed by atoms with Crippen molar-refractivity contribution in [3.8, 4) is 11.4 Å². The number of aromatic nitrogens is 3. The number of halogens is 3. The number of hydrogen-bond donors (Lipinski definition) is 1. The Morgan fingerprint density at radius 1 is 1.23 bits per heavy atom. The van der Waals surface area contributed by atoms with Crippen LogP contribution in [0.4, 0.5) is 14.8 Å². The van der Waals surface area contributed by atoms with E-state index in [9.17, 15) is 13.6 Å². The third kappa shape index (κ3) is 4.55. The number of fused-ring (bicyclic) bond motifs is 1. The summed E-state index contributed by atoms with van der Waals surface area (Å²) in [5, 5.41) is 3.73. The second-order valence-electron chi connectivity index (χ2n) is 8.55. The average molecular weight is 498 g/mol. The Labute approximate surface area is 205 Å². The smallest absolute Gasteiger partial charge is 0.295 e. The van der Waals surface area contributed by atoms with E-state index in [1.807, 2.05) is 0 Å². The van der Waals surface area contributed by atoms with Crippen LogP contribution in [-0.4, -0.2) is 44.9 Å². The third-order valence-electron chi connectivity index (χ3n) is 6.30. The first-order valence-electron chi connectivity index (χ1n) is 11.3. The maximum Gasteiger partial charge on any atom is 0.295 e. The Balaban J connectivity index is 1.44. The number of oxazole rings is 1. The number of nitrogens with zero attached hydrogens (tertiary/aromatic N) is 4. The molecular formula is C25H22ClF2N5O2. The van der Waals surface area contributed by atoms with E-state index in [0.29, 0.717) is 35.2 Å². The molecule has 3 heterocycles. The topological polar surface area (TPSA) is 84.2 Å². The second kappa shape index (κ2) is 9.58. The molecule has 1 fully saturated rings. The number of likely N-dealkylation sites (tertiary alicyclic amines) is 1. The lowest BCUT2D eigenvalue weighted by molar-refractivity contribution is 0.0539. The fourth-order valence-electron chi connectivity index (χ4n) is 4.51. The molecule has 1 amide bonds. The molecule has 2 aromatic heterocycles. The number of carbonyl (C=O) groups is 1. The van der Waals surface area contributed by atoms with Crippen LogP contribution < -0.4 is 5.32 Å². The molecule has 1 aliphatic rings. The minimum Gasteiger partial charge on any atom is -0.424 e. The summed E-state index contributed by atoms with van der Waals surface area (Å²) in [5.41, 5.74) is 0.997. The first-order valence-corrected chi connectivity index (χ1v) is 11.7. The minimum absolute atomic E-state index is 0.0192. The zero-order valence-corrected chi connectivity index (χ0v) is 19.6. The number of piperidine rings is 1. The average Bonchev–Trinajstić information content (AvgIpc) is 3.26. The predicted molar refractivity (Wildman–Crippen MR) is 128 cm³/mol. The lowest BCUT2D eigenvalue weighted by Crippen LogP contribution is -2.51. The lowest BCUT2D eigenvalue weighted by Gasteiger charge is -2.40. The van der Waals surface area contributed by atoms with Crippen LogP contribution in [0.1, 0.15) is 30.1 Å². The molecule has 4 aromatic rings. The molecule has 0 saturated carbocycles. The first-order chi connectivity index (χ1) is 16.9. The Kier molecular flexibility index (Phi) is 6.34. The molecule has 180 valence electrons. The summed E-state index contributed by atoms with van der Waals surface area (Å²) < 4.78 is 34.7. The van der Waals surface area contributed by atoms with Crippen LogP contribution in [0.3, 0.4) is 0 Å². The molecule has 10 heteroatoms. The van der Waals surface area contributed by atoms with E-state index in [0.717, 1.165) is 18.9 Å². The standard InChI is InChI=1S/C25H22ClF2N5O2/c1-14-4-2-11-33(19(14)13-31-25-32-18-8-5-15(26)12-20(18)35-25)24(34)16-6-7-17(27)22(28)21(16)23-29-9-3-10-30-23/h3,5-10,12,14,19H,2,4,11,13H2,1H3,(H,31,32)/t14-,19-/m1/s1. The second-order valence-corrected chi connectivity index (χ2v) is 8.99. The van der Waals surface area contributed by atoms with Crippen molar-refractivity contribution >= 4 is 34.6 Å². The summed E-state index contributed by atoms with van der Waals surface area (Å²) in [6.07, 6.45) is 4.56. The summed E-state index contributed by atoms with van der Waals surface area (Å²) in [4.78, 5) is 27.9. The Hall–Kier alpha value is -3.59. The quantitative estimate of drug-likeness (QED) is 0.388. The fourth-order valence-corrected chi connectivity index (χ4v) is 4.67. The SMILES string of the molecule is C[C@@H]1CCCN(C(=O)c2ccc(F)c(F)c2-c2ncccn2)[C@@H]1CNc1nc2ccc(Cl)cc2o1. The van der Waals surface area contributed by atoms with Crippen molar-refractivity contribution in [1.29, 1.82) is 0 Å². The van der Waals surface area contributed by atoms with Crippen molar-refractivity contribution in [2.24, 2.45) is 5.92 Å². The molecule has 1 N–H and O–H groups in total. The van der Waals surface area contributed by atoms with Crippen molar-refractivity contribution in [2.75, 3.05) is 18.4 Å². The summed E-state index contributed by atoms with van der Waals surface area (Å²) in [6, 6.07) is 9.09. The Bertz CT molecular complexity index is 1380. The summed E-state index contributed by atoms with van der Waals surface area (Å²) >= 11 is 6.02. The van der Waals surface area contributed by atoms with E-state index in [1.54, 1.807) is 29.2 Å². The maximum absolute atomic E-state index is 14.9. The van der Waals surface area contributed by atoms with Gasteiger partial charge in [0.1, 0.15) is 5.52 Å². The van der Waals surface area contributed by atoms with Gasteiger partial charge in [0.25, 0.3) is 11.9 Å². The van der Waals surface area contributed by atoms with Gasteiger partial charge >= 0.3 is 0 Å². The van der Waals surface area contributed by atoms with E-state index < -0.39 is 17.5 Å². The van der Waals surface area contributed by atoms with Gasteiger partial charge in [-0.3, -0.25) is 4.79 Å². The van der Waals surface area contributed by atoms with Crippen LogP contribution in [0, 0.1) is 17.6 Å². The molecule has 1 aliphatic heterocycles. The van der Waals surface area contributed by atoms with Crippen molar-refractivity contribution in [3.63, 3.8) is 0 Å².